The molecule has 0 unspecified atom stereocenters. The maximum absolute atomic E-state index is 12.4. The molecule has 1 aromatic rings. The van der Waals surface area contributed by atoms with Crippen molar-refractivity contribution in [1.82, 2.24) is 10.6 Å². The van der Waals surface area contributed by atoms with Crippen LogP contribution in [0.4, 0.5) is 0 Å². The van der Waals surface area contributed by atoms with Crippen LogP contribution in [0.15, 0.2) is 24.3 Å². The number of amides is 2. The number of benzene rings is 1. The number of carbonyl (C=O) groups excluding carboxylic acids is 2. The minimum Gasteiger partial charge on any atom is -0.497 e. The first kappa shape index (κ1) is 18.3. The van der Waals surface area contributed by atoms with Gasteiger partial charge in [-0.25, -0.2) is 0 Å². The monoisotopic (exact) mass is 332 g/mol. The van der Waals surface area contributed by atoms with Gasteiger partial charge in [-0.2, -0.15) is 0 Å². The SMILES string of the molecule is COc1ccc([C@H](CC(=O)NC2CCCCCC2)NC(C)=O)cc1. The fourth-order valence-corrected chi connectivity index (χ4v) is 3.23. The first-order chi connectivity index (χ1) is 11.6. The first-order valence-electron chi connectivity index (χ1n) is 8.79. The predicted octanol–water partition coefficient (Wildman–Crippen LogP) is 3.10. The molecular weight excluding hydrogens is 304 g/mol. The van der Waals surface area contributed by atoms with Gasteiger partial charge in [-0.05, 0) is 30.5 Å². The average molecular weight is 332 g/mol. The summed E-state index contributed by atoms with van der Waals surface area (Å²) in [6, 6.07) is 7.41. The fourth-order valence-electron chi connectivity index (χ4n) is 3.23. The molecule has 2 N–H and O–H groups in total. The van der Waals surface area contributed by atoms with Gasteiger partial charge in [0.2, 0.25) is 11.8 Å². The molecule has 0 aliphatic heterocycles. The summed E-state index contributed by atoms with van der Waals surface area (Å²) in [6.07, 6.45) is 7.23. The summed E-state index contributed by atoms with van der Waals surface area (Å²) in [4.78, 5) is 23.9. The first-order valence-corrected chi connectivity index (χ1v) is 8.79. The molecule has 0 heterocycles. The van der Waals surface area contributed by atoms with Crippen LogP contribution in [-0.2, 0) is 9.59 Å². The summed E-state index contributed by atoms with van der Waals surface area (Å²) in [5, 5.41) is 6.01. The second-order valence-corrected chi connectivity index (χ2v) is 6.49. The van der Waals surface area contributed by atoms with Crippen LogP contribution >= 0.6 is 0 Å². The summed E-state index contributed by atoms with van der Waals surface area (Å²) < 4.78 is 5.16. The van der Waals surface area contributed by atoms with Crippen LogP contribution in [0, 0.1) is 0 Å². The van der Waals surface area contributed by atoms with E-state index in [1.807, 2.05) is 24.3 Å². The Labute approximate surface area is 144 Å². The number of rotatable bonds is 6. The van der Waals surface area contributed by atoms with Gasteiger partial charge in [-0.1, -0.05) is 37.8 Å². The third-order valence-corrected chi connectivity index (χ3v) is 4.51. The van der Waals surface area contributed by atoms with Crippen molar-refractivity contribution in [2.24, 2.45) is 0 Å². The highest BCUT2D eigenvalue weighted by Crippen LogP contribution is 2.22. The molecule has 132 valence electrons. The molecule has 0 bridgehead atoms. The van der Waals surface area contributed by atoms with Crippen LogP contribution in [0.1, 0.15) is 63.5 Å². The van der Waals surface area contributed by atoms with Crippen molar-refractivity contribution in [3.05, 3.63) is 29.8 Å². The molecule has 0 spiro atoms. The third kappa shape index (κ3) is 5.87. The van der Waals surface area contributed by atoms with Gasteiger partial charge >= 0.3 is 0 Å². The normalized spacial score (nSPS) is 16.8. The Bertz CT molecular complexity index is 534. The van der Waals surface area contributed by atoms with Crippen molar-refractivity contribution in [1.29, 1.82) is 0 Å². The minimum absolute atomic E-state index is 0.00327. The van der Waals surface area contributed by atoms with E-state index in [4.69, 9.17) is 4.74 Å². The molecule has 1 aliphatic rings. The maximum Gasteiger partial charge on any atom is 0.222 e. The van der Waals surface area contributed by atoms with Crippen LogP contribution in [-0.4, -0.2) is 25.0 Å². The van der Waals surface area contributed by atoms with Gasteiger partial charge in [0.15, 0.2) is 0 Å². The second-order valence-electron chi connectivity index (χ2n) is 6.49. The van der Waals surface area contributed by atoms with Crippen LogP contribution in [0.3, 0.4) is 0 Å². The van der Waals surface area contributed by atoms with E-state index < -0.39 is 0 Å². The van der Waals surface area contributed by atoms with E-state index in [1.165, 1.54) is 32.6 Å². The number of hydrogen-bond acceptors (Lipinski definition) is 3. The van der Waals surface area contributed by atoms with E-state index in [0.29, 0.717) is 0 Å². The van der Waals surface area contributed by atoms with Gasteiger partial charge in [0.25, 0.3) is 0 Å². The molecule has 0 aromatic heterocycles. The Kier molecular flexibility index (Phi) is 7.09. The molecule has 1 atom stereocenters. The quantitative estimate of drug-likeness (QED) is 0.787. The Balaban J connectivity index is 1.98. The lowest BCUT2D eigenvalue weighted by Gasteiger charge is -2.21. The zero-order chi connectivity index (χ0) is 17.4. The van der Waals surface area contributed by atoms with Gasteiger partial charge < -0.3 is 15.4 Å². The van der Waals surface area contributed by atoms with E-state index in [2.05, 4.69) is 10.6 Å². The van der Waals surface area contributed by atoms with Gasteiger partial charge in [0.05, 0.1) is 19.6 Å². The van der Waals surface area contributed by atoms with Crippen molar-refractivity contribution >= 4 is 11.8 Å². The van der Waals surface area contributed by atoms with Crippen LogP contribution in [0.2, 0.25) is 0 Å². The third-order valence-electron chi connectivity index (χ3n) is 4.51. The molecule has 5 heteroatoms. The average Bonchev–Trinajstić information content (AvgIpc) is 2.82. The summed E-state index contributed by atoms with van der Waals surface area (Å²) in [5.41, 5.74) is 0.905. The Morgan fingerprint density at radius 2 is 1.75 bits per heavy atom. The van der Waals surface area contributed by atoms with Crippen molar-refractivity contribution in [2.45, 2.75) is 64.0 Å². The van der Waals surface area contributed by atoms with Crippen molar-refractivity contribution in [2.75, 3.05) is 7.11 Å². The van der Waals surface area contributed by atoms with E-state index in [1.54, 1.807) is 7.11 Å². The molecule has 2 rings (SSSR count). The summed E-state index contributed by atoms with van der Waals surface area (Å²) in [7, 11) is 1.61. The minimum atomic E-state index is -0.320. The summed E-state index contributed by atoms with van der Waals surface area (Å²) in [6.45, 7) is 1.47. The lowest BCUT2D eigenvalue weighted by atomic mass is 10.0. The highest BCUT2D eigenvalue weighted by Gasteiger charge is 2.20. The number of hydrogen-bond donors (Lipinski definition) is 2. The Morgan fingerprint density at radius 3 is 2.29 bits per heavy atom. The van der Waals surface area contributed by atoms with E-state index in [9.17, 15) is 9.59 Å². The smallest absolute Gasteiger partial charge is 0.222 e. The predicted molar refractivity (Wildman–Crippen MR) is 93.8 cm³/mol. The largest absolute Gasteiger partial charge is 0.497 e. The van der Waals surface area contributed by atoms with Gasteiger partial charge in [0.1, 0.15) is 5.75 Å². The van der Waals surface area contributed by atoms with Gasteiger partial charge in [-0.15, -0.1) is 0 Å². The van der Waals surface area contributed by atoms with Gasteiger partial charge in [-0.3, -0.25) is 9.59 Å². The maximum atomic E-state index is 12.4. The number of nitrogens with one attached hydrogen (secondary N) is 2. The molecule has 24 heavy (non-hydrogen) atoms. The van der Waals surface area contributed by atoms with E-state index in [0.717, 1.165) is 24.2 Å². The summed E-state index contributed by atoms with van der Waals surface area (Å²) in [5.74, 6) is 0.609. The lowest BCUT2D eigenvalue weighted by Crippen LogP contribution is -2.37. The zero-order valence-electron chi connectivity index (χ0n) is 14.6. The van der Waals surface area contributed by atoms with Crippen LogP contribution < -0.4 is 15.4 Å². The van der Waals surface area contributed by atoms with Crippen molar-refractivity contribution in [3.8, 4) is 5.75 Å². The lowest BCUT2D eigenvalue weighted by molar-refractivity contribution is -0.123. The van der Waals surface area contributed by atoms with E-state index in [-0.39, 0.29) is 30.3 Å². The Morgan fingerprint density at radius 1 is 1.12 bits per heavy atom. The second kappa shape index (κ2) is 9.30. The van der Waals surface area contributed by atoms with Crippen LogP contribution in [0.25, 0.3) is 0 Å². The van der Waals surface area contributed by atoms with Crippen LogP contribution in [0.5, 0.6) is 5.75 Å². The molecular formula is C19H28N2O3. The van der Waals surface area contributed by atoms with Crippen molar-refractivity contribution < 1.29 is 14.3 Å². The molecule has 1 aromatic carbocycles. The zero-order valence-corrected chi connectivity index (χ0v) is 14.6. The molecule has 1 aliphatic carbocycles. The molecule has 0 saturated heterocycles. The van der Waals surface area contributed by atoms with Gasteiger partial charge in [0, 0.05) is 13.0 Å². The summed E-state index contributed by atoms with van der Waals surface area (Å²) >= 11 is 0. The Hall–Kier alpha value is -2.04. The molecule has 1 fully saturated rings. The highest BCUT2D eigenvalue weighted by molar-refractivity contribution is 5.79. The molecule has 1 saturated carbocycles. The molecule has 2 amide bonds. The standard InChI is InChI=1S/C19H28N2O3/c1-14(22)20-18(15-9-11-17(24-2)12-10-15)13-19(23)21-16-7-5-3-4-6-8-16/h9-12,16,18H,3-8,13H2,1-2H3,(H,20,22)(H,21,23)/t18-/m0/s1. The fraction of sp³-hybridized carbons (Fsp3) is 0.579. The number of carbonyl (C=O) groups is 2. The van der Waals surface area contributed by atoms with E-state index >= 15 is 0 Å². The molecule has 0 radical (unpaired) electrons. The topological polar surface area (TPSA) is 67.4 Å². The number of methoxy groups -OCH3 is 1. The van der Waals surface area contributed by atoms with Crippen molar-refractivity contribution in [3.63, 3.8) is 0 Å². The highest BCUT2D eigenvalue weighted by atomic mass is 16.5. The number of ether oxygens (including phenoxy) is 1. The molecule has 5 nitrogen and oxygen atoms in total.